The van der Waals surface area contributed by atoms with Crippen molar-refractivity contribution in [3.05, 3.63) is 23.8 Å². The molecule has 1 rings (SSSR count). The van der Waals surface area contributed by atoms with E-state index in [1.165, 1.54) is 17.8 Å². The smallest absolute Gasteiger partial charge is 0.398 e. The minimum Gasteiger partial charge on any atom is -0.398 e. The number of ether oxygens (including phenoxy) is 1. The lowest BCUT2D eigenvalue weighted by Gasteiger charge is -2.10. The molecule has 0 saturated carbocycles. The Morgan fingerprint density at radius 2 is 2.00 bits per heavy atom. The van der Waals surface area contributed by atoms with Gasteiger partial charge in [-0.2, -0.15) is 13.2 Å². The number of alkyl halides is 3. The van der Waals surface area contributed by atoms with Gasteiger partial charge in [0.2, 0.25) is 0 Å². The summed E-state index contributed by atoms with van der Waals surface area (Å²) in [6.07, 6.45) is -3.39. The highest BCUT2D eigenvalue weighted by atomic mass is 32.2. The Hall–Kier alpha value is -0.880. The van der Waals surface area contributed by atoms with Crippen molar-refractivity contribution in [1.29, 1.82) is 0 Å². The molecule has 1 aromatic rings. The van der Waals surface area contributed by atoms with Crippen LogP contribution in [0.3, 0.4) is 0 Å². The molecule has 18 heavy (non-hydrogen) atoms. The van der Waals surface area contributed by atoms with Gasteiger partial charge in [-0.25, -0.2) is 0 Å². The molecule has 0 amide bonds. The van der Waals surface area contributed by atoms with E-state index in [2.05, 4.69) is 0 Å². The Morgan fingerprint density at radius 3 is 2.56 bits per heavy atom. The Morgan fingerprint density at radius 1 is 1.28 bits per heavy atom. The van der Waals surface area contributed by atoms with E-state index in [1.807, 2.05) is 6.92 Å². The third-order valence-corrected chi connectivity index (χ3v) is 3.22. The number of anilines is 1. The van der Waals surface area contributed by atoms with E-state index >= 15 is 0 Å². The molecule has 2 N–H and O–H groups in total. The summed E-state index contributed by atoms with van der Waals surface area (Å²) in [5, 5.41) is 0. The number of nitrogens with two attached hydrogens (primary N) is 1. The van der Waals surface area contributed by atoms with E-state index in [0.29, 0.717) is 23.9 Å². The maximum atomic E-state index is 12.4. The third kappa shape index (κ3) is 4.78. The maximum Gasteiger partial charge on any atom is 0.416 e. The van der Waals surface area contributed by atoms with E-state index in [4.69, 9.17) is 10.5 Å². The molecule has 0 aromatic heterocycles. The largest absolute Gasteiger partial charge is 0.416 e. The van der Waals surface area contributed by atoms with Crippen LogP contribution < -0.4 is 5.73 Å². The van der Waals surface area contributed by atoms with Gasteiger partial charge in [0, 0.05) is 22.9 Å². The summed E-state index contributed by atoms with van der Waals surface area (Å²) >= 11 is 1.40. The van der Waals surface area contributed by atoms with Crippen LogP contribution in [0, 0.1) is 0 Å². The normalized spacial score (nSPS) is 11.8. The van der Waals surface area contributed by atoms with Gasteiger partial charge in [0.25, 0.3) is 0 Å². The summed E-state index contributed by atoms with van der Waals surface area (Å²) in [6.45, 7) is 3.28. The van der Waals surface area contributed by atoms with Crippen molar-refractivity contribution in [3.63, 3.8) is 0 Å². The molecule has 6 heteroatoms. The molecule has 0 bridgehead atoms. The Bertz CT molecular complexity index is 382. The molecule has 0 heterocycles. The minimum atomic E-state index is -4.35. The first-order chi connectivity index (χ1) is 8.45. The van der Waals surface area contributed by atoms with Crippen LogP contribution in [0.1, 0.15) is 18.9 Å². The van der Waals surface area contributed by atoms with Crippen LogP contribution in [0.5, 0.6) is 0 Å². The third-order valence-electron chi connectivity index (χ3n) is 2.17. The number of thioether (sulfide) groups is 1. The zero-order chi connectivity index (χ0) is 13.6. The summed E-state index contributed by atoms with van der Waals surface area (Å²) < 4.78 is 42.5. The van der Waals surface area contributed by atoms with Crippen LogP contribution in [0.2, 0.25) is 0 Å². The van der Waals surface area contributed by atoms with Crippen molar-refractivity contribution in [3.8, 4) is 0 Å². The second-order valence-electron chi connectivity index (χ2n) is 3.71. The molecular weight excluding hydrogens is 263 g/mol. The number of hydrogen-bond acceptors (Lipinski definition) is 3. The minimum absolute atomic E-state index is 0.158. The SMILES string of the molecule is CCCOCCSc1ccc(C(F)(F)F)cc1N. The quantitative estimate of drug-likeness (QED) is 0.488. The molecule has 0 aliphatic carbocycles. The maximum absolute atomic E-state index is 12.4. The van der Waals surface area contributed by atoms with Gasteiger partial charge in [0.05, 0.1) is 12.2 Å². The number of rotatable bonds is 6. The molecule has 0 radical (unpaired) electrons. The first-order valence-electron chi connectivity index (χ1n) is 5.62. The van der Waals surface area contributed by atoms with Crippen molar-refractivity contribution in [2.75, 3.05) is 24.7 Å². The van der Waals surface area contributed by atoms with E-state index in [1.54, 1.807) is 0 Å². The molecule has 0 fully saturated rings. The zero-order valence-electron chi connectivity index (χ0n) is 10.1. The van der Waals surface area contributed by atoms with Gasteiger partial charge in [0.15, 0.2) is 0 Å². The van der Waals surface area contributed by atoms with Crippen LogP contribution in [0.4, 0.5) is 18.9 Å². The van der Waals surface area contributed by atoms with Crippen molar-refractivity contribution < 1.29 is 17.9 Å². The first kappa shape index (κ1) is 15.2. The van der Waals surface area contributed by atoms with E-state index < -0.39 is 11.7 Å². The Balaban J connectivity index is 2.53. The fourth-order valence-corrected chi connectivity index (χ4v) is 2.12. The molecule has 0 spiro atoms. The summed E-state index contributed by atoms with van der Waals surface area (Å²) in [5.41, 5.74) is 5.04. The van der Waals surface area contributed by atoms with Crippen molar-refractivity contribution in [2.45, 2.75) is 24.4 Å². The average Bonchev–Trinajstić information content (AvgIpc) is 2.29. The Kier molecular flexibility index (Phi) is 5.81. The second kappa shape index (κ2) is 6.89. The van der Waals surface area contributed by atoms with Gasteiger partial charge in [-0.15, -0.1) is 11.8 Å². The van der Waals surface area contributed by atoms with E-state index in [-0.39, 0.29) is 5.69 Å². The molecule has 102 valence electrons. The monoisotopic (exact) mass is 279 g/mol. The fourth-order valence-electron chi connectivity index (χ4n) is 1.31. The zero-order valence-corrected chi connectivity index (χ0v) is 10.9. The van der Waals surface area contributed by atoms with Gasteiger partial charge in [-0.3, -0.25) is 0 Å². The topological polar surface area (TPSA) is 35.2 Å². The van der Waals surface area contributed by atoms with Crippen LogP contribution in [-0.4, -0.2) is 19.0 Å². The lowest BCUT2D eigenvalue weighted by atomic mass is 10.2. The number of hydrogen-bond donors (Lipinski definition) is 1. The van der Waals surface area contributed by atoms with Gasteiger partial charge in [-0.1, -0.05) is 6.92 Å². The van der Waals surface area contributed by atoms with Crippen molar-refractivity contribution >= 4 is 17.4 Å². The van der Waals surface area contributed by atoms with Gasteiger partial charge < -0.3 is 10.5 Å². The van der Waals surface area contributed by atoms with E-state index in [0.717, 1.165) is 18.6 Å². The molecule has 2 nitrogen and oxygen atoms in total. The molecule has 0 aliphatic rings. The lowest BCUT2D eigenvalue weighted by Crippen LogP contribution is -2.06. The Labute approximate surface area is 109 Å². The van der Waals surface area contributed by atoms with Crippen molar-refractivity contribution in [2.24, 2.45) is 0 Å². The number of nitrogen functional groups attached to an aromatic ring is 1. The van der Waals surface area contributed by atoms with Gasteiger partial charge in [-0.05, 0) is 24.6 Å². The summed E-state index contributed by atoms with van der Waals surface area (Å²) in [5.74, 6) is 0.676. The van der Waals surface area contributed by atoms with Gasteiger partial charge in [0.1, 0.15) is 0 Å². The summed E-state index contributed by atoms with van der Waals surface area (Å²) in [4.78, 5) is 0.656. The highest BCUT2D eigenvalue weighted by Crippen LogP contribution is 2.34. The number of halogens is 3. The highest BCUT2D eigenvalue weighted by Gasteiger charge is 2.30. The number of benzene rings is 1. The summed E-state index contributed by atoms with van der Waals surface area (Å²) in [7, 11) is 0. The molecule has 0 atom stereocenters. The second-order valence-corrected chi connectivity index (χ2v) is 4.85. The van der Waals surface area contributed by atoms with E-state index in [9.17, 15) is 13.2 Å². The fraction of sp³-hybridized carbons (Fsp3) is 0.500. The van der Waals surface area contributed by atoms with Gasteiger partial charge >= 0.3 is 6.18 Å². The van der Waals surface area contributed by atoms with Crippen LogP contribution >= 0.6 is 11.8 Å². The van der Waals surface area contributed by atoms with Crippen LogP contribution in [-0.2, 0) is 10.9 Å². The molecule has 0 saturated heterocycles. The van der Waals surface area contributed by atoms with Crippen LogP contribution in [0.25, 0.3) is 0 Å². The first-order valence-corrected chi connectivity index (χ1v) is 6.61. The van der Waals surface area contributed by atoms with Crippen molar-refractivity contribution in [1.82, 2.24) is 0 Å². The molecule has 0 aliphatic heterocycles. The molecule has 1 aromatic carbocycles. The average molecular weight is 279 g/mol. The molecule has 0 unspecified atom stereocenters. The standard InChI is InChI=1S/C12H16F3NOS/c1-2-5-17-6-7-18-11-4-3-9(8-10(11)16)12(13,14)15/h3-4,8H,2,5-7,16H2,1H3. The lowest BCUT2D eigenvalue weighted by molar-refractivity contribution is -0.137. The highest BCUT2D eigenvalue weighted by molar-refractivity contribution is 7.99. The predicted molar refractivity (Wildman–Crippen MR) is 67.7 cm³/mol. The molecular formula is C12H16F3NOS. The summed E-state index contributed by atoms with van der Waals surface area (Å²) in [6, 6.07) is 3.42. The predicted octanol–water partition coefficient (Wildman–Crippen LogP) is 3.81. The van der Waals surface area contributed by atoms with Crippen LogP contribution in [0.15, 0.2) is 23.1 Å².